The van der Waals surface area contributed by atoms with Gasteiger partial charge in [-0.25, -0.2) is 0 Å². The predicted octanol–water partition coefficient (Wildman–Crippen LogP) is 4.46. The van der Waals surface area contributed by atoms with Gasteiger partial charge in [0.25, 0.3) is 5.91 Å². The minimum Gasteiger partial charge on any atom is -0.492 e. The third-order valence-corrected chi connectivity index (χ3v) is 4.58. The number of carbonyl (C=O) groups excluding carboxylic acids is 2. The van der Waals surface area contributed by atoms with Crippen LogP contribution in [-0.4, -0.2) is 23.4 Å². The number of amides is 2. The number of nitrogens with zero attached hydrogens (tertiary/aromatic N) is 1. The Morgan fingerprint density at radius 2 is 1.80 bits per heavy atom. The Labute approximate surface area is 180 Å². The van der Waals surface area contributed by atoms with Crippen molar-refractivity contribution in [3.05, 3.63) is 89.2 Å². The summed E-state index contributed by atoms with van der Waals surface area (Å²) in [4.78, 5) is 28.1. The number of halogens is 1. The van der Waals surface area contributed by atoms with E-state index in [2.05, 4.69) is 15.6 Å². The summed E-state index contributed by atoms with van der Waals surface area (Å²) in [5.74, 6) is 0.352. The van der Waals surface area contributed by atoms with Gasteiger partial charge in [0, 0.05) is 31.0 Å². The average molecular weight is 424 g/mol. The van der Waals surface area contributed by atoms with E-state index in [1.807, 2.05) is 24.3 Å². The van der Waals surface area contributed by atoms with E-state index in [0.29, 0.717) is 48.0 Å². The maximum absolute atomic E-state index is 12.1. The summed E-state index contributed by atoms with van der Waals surface area (Å²) >= 11 is 6.02. The molecular formula is C23H22ClN3O3. The van der Waals surface area contributed by atoms with Gasteiger partial charge in [0.1, 0.15) is 5.75 Å². The van der Waals surface area contributed by atoms with Gasteiger partial charge in [-0.2, -0.15) is 0 Å². The van der Waals surface area contributed by atoms with Gasteiger partial charge in [0.15, 0.2) is 0 Å². The first-order valence-electron chi connectivity index (χ1n) is 9.56. The number of pyridine rings is 1. The van der Waals surface area contributed by atoms with E-state index in [9.17, 15) is 9.59 Å². The number of aromatic nitrogens is 1. The molecule has 30 heavy (non-hydrogen) atoms. The fraction of sp³-hybridized carbons (Fsp3) is 0.174. The number of benzene rings is 2. The lowest BCUT2D eigenvalue weighted by atomic mass is 10.2. The first-order valence-corrected chi connectivity index (χ1v) is 9.94. The highest BCUT2D eigenvalue weighted by molar-refractivity contribution is 6.32. The minimum atomic E-state index is -0.219. The van der Waals surface area contributed by atoms with Gasteiger partial charge in [0.05, 0.1) is 17.2 Å². The molecule has 1 heterocycles. The van der Waals surface area contributed by atoms with Crippen LogP contribution in [0.1, 0.15) is 28.8 Å². The number of nitrogens with one attached hydrogen (secondary N) is 2. The Balaban J connectivity index is 1.36. The van der Waals surface area contributed by atoms with Crippen molar-refractivity contribution >= 4 is 29.1 Å². The molecule has 1 aromatic heterocycles. The van der Waals surface area contributed by atoms with Gasteiger partial charge in [0.2, 0.25) is 5.91 Å². The number of hydrogen-bond acceptors (Lipinski definition) is 4. The summed E-state index contributed by atoms with van der Waals surface area (Å²) in [5, 5.41) is 6.25. The molecule has 0 spiro atoms. The second kappa shape index (κ2) is 11.0. The highest BCUT2D eigenvalue weighted by atomic mass is 35.5. The molecule has 0 unspecified atom stereocenters. The Morgan fingerprint density at radius 1 is 1.00 bits per heavy atom. The standard InChI is InChI=1S/C23H22ClN3O3/c24-20-6-1-2-7-21(20)30-14-4-8-22(28)26-15-17-9-11-19(12-10-17)27-23(29)18-5-3-13-25-16-18/h1-3,5-7,9-13,16H,4,8,14-15H2,(H,26,28)(H,27,29). The molecule has 0 bridgehead atoms. The number of hydrogen-bond donors (Lipinski definition) is 2. The lowest BCUT2D eigenvalue weighted by Crippen LogP contribution is -2.23. The third kappa shape index (κ3) is 6.60. The summed E-state index contributed by atoms with van der Waals surface area (Å²) in [7, 11) is 0. The van der Waals surface area contributed by atoms with Crippen molar-refractivity contribution in [2.75, 3.05) is 11.9 Å². The first-order chi connectivity index (χ1) is 14.6. The SMILES string of the molecule is O=C(CCCOc1ccccc1Cl)NCc1ccc(NC(=O)c2cccnc2)cc1. The van der Waals surface area contributed by atoms with Gasteiger partial charge in [-0.3, -0.25) is 14.6 Å². The quantitative estimate of drug-likeness (QED) is 0.498. The lowest BCUT2D eigenvalue weighted by molar-refractivity contribution is -0.121. The van der Waals surface area contributed by atoms with Crippen LogP contribution in [0.2, 0.25) is 5.02 Å². The predicted molar refractivity (Wildman–Crippen MR) is 117 cm³/mol. The first kappa shape index (κ1) is 21.3. The van der Waals surface area contributed by atoms with Crippen LogP contribution in [0.3, 0.4) is 0 Å². The molecule has 0 aliphatic carbocycles. The van der Waals surface area contributed by atoms with E-state index in [1.54, 1.807) is 42.6 Å². The number of anilines is 1. The van der Waals surface area contributed by atoms with Crippen molar-refractivity contribution in [3.8, 4) is 5.75 Å². The van der Waals surface area contributed by atoms with Crippen LogP contribution in [0.5, 0.6) is 5.75 Å². The van der Waals surface area contributed by atoms with Crippen LogP contribution in [0.25, 0.3) is 0 Å². The van der Waals surface area contributed by atoms with Crippen molar-refractivity contribution in [3.63, 3.8) is 0 Å². The average Bonchev–Trinajstić information content (AvgIpc) is 2.78. The van der Waals surface area contributed by atoms with Crippen LogP contribution in [0.15, 0.2) is 73.1 Å². The van der Waals surface area contributed by atoms with Gasteiger partial charge in [-0.15, -0.1) is 0 Å². The zero-order valence-electron chi connectivity index (χ0n) is 16.3. The zero-order chi connectivity index (χ0) is 21.2. The molecule has 0 aliphatic rings. The second-order valence-corrected chi connectivity index (χ2v) is 6.96. The van der Waals surface area contributed by atoms with Crippen molar-refractivity contribution in [1.82, 2.24) is 10.3 Å². The van der Waals surface area contributed by atoms with Gasteiger partial charge >= 0.3 is 0 Å². The molecule has 3 rings (SSSR count). The molecule has 0 fully saturated rings. The second-order valence-electron chi connectivity index (χ2n) is 6.55. The van der Waals surface area contributed by atoms with Crippen LogP contribution < -0.4 is 15.4 Å². The molecule has 0 saturated carbocycles. The van der Waals surface area contributed by atoms with Crippen molar-refractivity contribution in [2.45, 2.75) is 19.4 Å². The maximum Gasteiger partial charge on any atom is 0.257 e. The maximum atomic E-state index is 12.1. The van der Waals surface area contributed by atoms with Crippen molar-refractivity contribution < 1.29 is 14.3 Å². The fourth-order valence-electron chi connectivity index (χ4n) is 2.67. The Kier molecular flexibility index (Phi) is 7.80. The van der Waals surface area contributed by atoms with E-state index in [-0.39, 0.29) is 11.8 Å². The van der Waals surface area contributed by atoms with Crippen molar-refractivity contribution in [2.24, 2.45) is 0 Å². The van der Waals surface area contributed by atoms with E-state index in [4.69, 9.17) is 16.3 Å². The summed E-state index contributed by atoms with van der Waals surface area (Å²) in [6.07, 6.45) is 4.09. The zero-order valence-corrected chi connectivity index (χ0v) is 17.1. The smallest absolute Gasteiger partial charge is 0.257 e. The molecule has 0 atom stereocenters. The van der Waals surface area contributed by atoms with Gasteiger partial charge < -0.3 is 15.4 Å². The Hall–Kier alpha value is -3.38. The molecule has 2 amide bonds. The topological polar surface area (TPSA) is 80.3 Å². The van der Waals surface area contributed by atoms with Crippen molar-refractivity contribution in [1.29, 1.82) is 0 Å². The van der Waals surface area contributed by atoms with Crippen LogP contribution in [-0.2, 0) is 11.3 Å². The lowest BCUT2D eigenvalue weighted by Gasteiger charge is -2.09. The van der Waals surface area contributed by atoms with E-state index in [0.717, 1.165) is 5.56 Å². The fourth-order valence-corrected chi connectivity index (χ4v) is 2.86. The number of ether oxygens (including phenoxy) is 1. The summed E-state index contributed by atoms with van der Waals surface area (Å²) in [6.45, 7) is 0.837. The highest BCUT2D eigenvalue weighted by Crippen LogP contribution is 2.23. The molecule has 3 aromatic rings. The highest BCUT2D eigenvalue weighted by Gasteiger charge is 2.06. The molecule has 2 N–H and O–H groups in total. The van der Waals surface area contributed by atoms with E-state index in [1.165, 1.54) is 6.20 Å². The molecule has 0 saturated heterocycles. The van der Waals surface area contributed by atoms with Crippen LogP contribution in [0.4, 0.5) is 5.69 Å². The normalized spacial score (nSPS) is 10.3. The molecule has 0 aliphatic heterocycles. The van der Waals surface area contributed by atoms with Crippen LogP contribution >= 0.6 is 11.6 Å². The Bertz CT molecular complexity index is 978. The minimum absolute atomic E-state index is 0.0493. The van der Waals surface area contributed by atoms with E-state index >= 15 is 0 Å². The number of carbonyl (C=O) groups is 2. The Morgan fingerprint density at radius 3 is 2.53 bits per heavy atom. The number of rotatable bonds is 9. The molecule has 7 heteroatoms. The van der Waals surface area contributed by atoms with Gasteiger partial charge in [-0.05, 0) is 48.4 Å². The van der Waals surface area contributed by atoms with Gasteiger partial charge in [-0.1, -0.05) is 35.9 Å². The van der Waals surface area contributed by atoms with Crippen LogP contribution in [0, 0.1) is 0 Å². The molecular weight excluding hydrogens is 402 g/mol. The number of para-hydroxylation sites is 1. The molecule has 6 nitrogen and oxygen atoms in total. The molecule has 154 valence electrons. The largest absolute Gasteiger partial charge is 0.492 e. The summed E-state index contributed by atoms with van der Waals surface area (Å²) in [5.41, 5.74) is 2.11. The van der Waals surface area contributed by atoms with E-state index < -0.39 is 0 Å². The summed E-state index contributed by atoms with van der Waals surface area (Å²) < 4.78 is 5.58. The molecule has 0 radical (unpaired) electrons. The third-order valence-electron chi connectivity index (χ3n) is 4.27. The molecule has 2 aromatic carbocycles. The summed E-state index contributed by atoms with van der Waals surface area (Å²) in [6, 6.07) is 18.0. The monoisotopic (exact) mass is 423 g/mol.